The molecule has 0 saturated heterocycles. The van der Waals surface area contributed by atoms with Gasteiger partial charge in [-0.05, 0) is 151 Å². The molecule has 0 bridgehead atoms. The third-order valence-electron chi connectivity index (χ3n) is 15.3. The zero-order valence-corrected chi connectivity index (χ0v) is 38.5. The molecule has 11 aromatic rings. The van der Waals surface area contributed by atoms with Crippen molar-refractivity contribution < 1.29 is 0 Å². The van der Waals surface area contributed by atoms with Crippen molar-refractivity contribution in [1.82, 2.24) is 0 Å². The van der Waals surface area contributed by atoms with Crippen molar-refractivity contribution in [1.29, 1.82) is 0 Å². The number of para-hydroxylation sites is 3. The van der Waals surface area contributed by atoms with Gasteiger partial charge in [-0.2, -0.15) is 0 Å². The number of fused-ring (bicyclic) bond motifs is 13. The highest BCUT2D eigenvalue weighted by molar-refractivity contribution is 5.98. The first-order valence-corrected chi connectivity index (χ1v) is 24.3. The molecule has 2 heteroatoms. The summed E-state index contributed by atoms with van der Waals surface area (Å²) in [4.78, 5) is 4.84. The molecule has 11 aromatic carbocycles. The minimum atomic E-state index is -0.529. The van der Waals surface area contributed by atoms with Crippen LogP contribution in [0, 0.1) is 0 Å². The summed E-state index contributed by atoms with van der Waals surface area (Å²) in [6.45, 7) is 0. The third-order valence-corrected chi connectivity index (χ3v) is 15.3. The third kappa shape index (κ3) is 5.68. The van der Waals surface area contributed by atoms with Gasteiger partial charge in [0.15, 0.2) is 0 Å². The molecule has 3 aliphatic carbocycles. The van der Waals surface area contributed by atoms with Crippen LogP contribution in [0.5, 0.6) is 0 Å². The maximum Gasteiger partial charge on any atom is 0.0726 e. The molecule has 0 radical (unpaired) electrons. The van der Waals surface area contributed by atoms with E-state index in [2.05, 4.69) is 289 Å². The molecular formula is C68H46N2. The Morgan fingerprint density at radius 3 is 0.943 bits per heavy atom. The van der Waals surface area contributed by atoms with Gasteiger partial charge in [-0.3, -0.25) is 0 Å². The van der Waals surface area contributed by atoms with Crippen LogP contribution in [0.2, 0.25) is 0 Å². The zero-order valence-electron chi connectivity index (χ0n) is 38.5. The van der Waals surface area contributed by atoms with Gasteiger partial charge < -0.3 is 9.80 Å². The number of nitrogens with zero attached hydrogens (tertiary/aromatic N) is 2. The molecule has 3 aliphatic rings. The Morgan fingerprint density at radius 2 is 0.486 bits per heavy atom. The summed E-state index contributed by atoms with van der Waals surface area (Å²) in [6.07, 6.45) is 0. The summed E-state index contributed by atoms with van der Waals surface area (Å²) < 4.78 is 0. The Morgan fingerprint density at radius 1 is 0.186 bits per heavy atom. The number of benzene rings is 11. The molecule has 14 rings (SSSR count). The highest BCUT2D eigenvalue weighted by Gasteiger charge is 2.52. The SMILES string of the molecule is c1ccc(N(c2ccc3c(c2)-c2ccccc2C3(c2ccccc2)c2ccccc2)c2ccc3c(c2)-c2ccccc2C32c3ccccc3-c3ccc(N(c4ccccc4)c4ccccc4)cc32)cc1. The summed E-state index contributed by atoms with van der Waals surface area (Å²) >= 11 is 0. The fourth-order valence-electron chi connectivity index (χ4n) is 12.6. The van der Waals surface area contributed by atoms with Crippen LogP contribution >= 0.6 is 0 Å². The summed E-state index contributed by atoms with van der Waals surface area (Å²) in [6, 6.07) is 103. The molecule has 70 heavy (non-hydrogen) atoms. The molecule has 0 heterocycles. The average Bonchev–Trinajstić information content (AvgIpc) is 4.02. The number of rotatable bonds is 8. The molecule has 1 unspecified atom stereocenters. The molecule has 1 atom stereocenters. The minimum absolute atomic E-state index is 0.469. The molecule has 328 valence electrons. The quantitative estimate of drug-likeness (QED) is 0.150. The van der Waals surface area contributed by atoms with E-state index < -0.39 is 10.8 Å². The van der Waals surface area contributed by atoms with Gasteiger partial charge >= 0.3 is 0 Å². The van der Waals surface area contributed by atoms with Crippen molar-refractivity contribution in [3.05, 3.63) is 324 Å². The van der Waals surface area contributed by atoms with E-state index in [4.69, 9.17) is 0 Å². The smallest absolute Gasteiger partial charge is 0.0726 e. The van der Waals surface area contributed by atoms with Gasteiger partial charge in [0.25, 0.3) is 0 Å². The Kier molecular flexibility index (Phi) is 9.06. The van der Waals surface area contributed by atoms with Crippen molar-refractivity contribution in [2.45, 2.75) is 10.8 Å². The normalized spacial score (nSPS) is 15.0. The fourth-order valence-corrected chi connectivity index (χ4v) is 12.6. The standard InChI is InChI=1S/C68H46N2/c1-6-22-47(23-7-1)67(48-24-8-2-9-25-48)61-35-19-17-33-56(61)59-44-52(39-42-64(59)67)70(51-30-14-5-15-31-51)53-40-43-65-60(45-53)57-34-18-21-37-63(57)68(65)62-36-20-16-32-55(62)58-41-38-54(46-66(58)68)69(49-26-10-3-11-27-49)50-28-12-4-13-29-50/h1-46H. The van der Waals surface area contributed by atoms with Crippen LogP contribution in [0.1, 0.15) is 44.5 Å². The number of anilines is 6. The van der Waals surface area contributed by atoms with Crippen LogP contribution < -0.4 is 9.80 Å². The predicted molar refractivity (Wildman–Crippen MR) is 289 cm³/mol. The first kappa shape index (κ1) is 40.1. The molecule has 1 spiro atoms. The van der Waals surface area contributed by atoms with Gasteiger partial charge in [0.2, 0.25) is 0 Å². The van der Waals surface area contributed by atoms with Crippen molar-refractivity contribution in [3.8, 4) is 33.4 Å². The largest absolute Gasteiger partial charge is 0.310 e. The van der Waals surface area contributed by atoms with E-state index in [1.54, 1.807) is 0 Å². The Hall–Kier alpha value is -8.98. The van der Waals surface area contributed by atoms with Crippen molar-refractivity contribution in [2.75, 3.05) is 9.80 Å². The van der Waals surface area contributed by atoms with E-state index in [1.165, 1.54) is 77.9 Å². The second-order valence-electron chi connectivity index (χ2n) is 18.7. The number of hydrogen-bond acceptors (Lipinski definition) is 2. The maximum atomic E-state index is 2.47. The summed E-state index contributed by atoms with van der Waals surface area (Å²) in [5, 5.41) is 0. The Balaban J connectivity index is 0.974. The monoisotopic (exact) mass is 890 g/mol. The van der Waals surface area contributed by atoms with Crippen molar-refractivity contribution in [2.24, 2.45) is 0 Å². The molecule has 2 nitrogen and oxygen atoms in total. The van der Waals surface area contributed by atoms with Gasteiger partial charge in [0.05, 0.1) is 10.8 Å². The number of hydrogen-bond donors (Lipinski definition) is 0. The van der Waals surface area contributed by atoms with Gasteiger partial charge in [0.1, 0.15) is 0 Å². The van der Waals surface area contributed by atoms with Gasteiger partial charge in [-0.25, -0.2) is 0 Å². The van der Waals surface area contributed by atoms with E-state index in [1.807, 2.05) is 0 Å². The van der Waals surface area contributed by atoms with Crippen LogP contribution in [-0.4, -0.2) is 0 Å². The van der Waals surface area contributed by atoms with Crippen LogP contribution in [0.15, 0.2) is 279 Å². The van der Waals surface area contributed by atoms with Gasteiger partial charge in [0, 0.05) is 34.1 Å². The Labute approximate surface area is 409 Å². The lowest BCUT2D eigenvalue weighted by Crippen LogP contribution is -2.28. The highest BCUT2D eigenvalue weighted by Crippen LogP contribution is 2.64. The molecule has 0 aromatic heterocycles. The highest BCUT2D eigenvalue weighted by atomic mass is 15.1. The van der Waals surface area contributed by atoms with E-state index in [9.17, 15) is 0 Å². The predicted octanol–water partition coefficient (Wildman–Crippen LogP) is 17.3. The van der Waals surface area contributed by atoms with Crippen LogP contribution in [0.3, 0.4) is 0 Å². The maximum absolute atomic E-state index is 2.47. The van der Waals surface area contributed by atoms with Gasteiger partial charge in [-0.15, -0.1) is 0 Å². The lowest BCUT2D eigenvalue weighted by molar-refractivity contribution is 0.768. The fraction of sp³-hybridized carbons (Fsp3) is 0.0294. The molecule has 0 saturated carbocycles. The van der Waals surface area contributed by atoms with E-state index in [-0.39, 0.29) is 0 Å². The Bertz CT molecular complexity index is 3690. The molecule has 0 amide bonds. The zero-order chi connectivity index (χ0) is 46.2. The van der Waals surface area contributed by atoms with Crippen molar-refractivity contribution >= 4 is 34.1 Å². The van der Waals surface area contributed by atoms with Crippen LogP contribution in [0.25, 0.3) is 33.4 Å². The second kappa shape index (κ2) is 15.8. The lowest BCUT2D eigenvalue weighted by Gasteiger charge is -2.34. The molecule has 0 aliphatic heterocycles. The van der Waals surface area contributed by atoms with E-state index in [0.717, 1.165) is 34.1 Å². The van der Waals surface area contributed by atoms with E-state index in [0.29, 0.717) is 0 Å². The van der Waals surface area contributed by atoms with Crippen molar-refractivity contribution in [3.63, 3.8) is 0 Å². The summed E-state index contributed by atoms with van der Waals surface area (Å²) in [7, 11) is 0. The van der Waals surface area contributed by atoms with Crippen LogP contribution in [0.4, 0.5) is 34.1 Å². The van der Waals surface area contributed by atoms with Crippen LogP contribution in [-0.2, 0) is 10.8 Å². The first-order valence-electron chi connectivity index (χ1n) is 24.3. The average molecular weight is 891 g/mol. The van der Waals surface area contributed by atoms with Gasteiger partial charge in [-0.1, -0.05) is 206 Å². The lowest BCUT2D eigenvalue weighted by atomic mass is 9.68. The molecular weight excluding hydrogens is 845 g/mol. The minimum Gasteiger partial charge on any atom is -0.310 e. The van der Waals surface area contributed by atoms with E-state index >= 15 is 0 Å². The topological polar surface area (TPSA) is 6.48 Å². The summed E-state index contributed by atoms with van der Waals surface area (Å²) in [5.74, 6) is 0. The summed E-state index contributed by atoms with van der Waals surface area (Å²) in [5.41, 5.74) is 23.7. The first-order chi connectivity index (χ1) is 34.7. The molecule has 0 fully saturated rings. The molecule has 0 N–H and O–H groups in total. The second-order valence-corrected chi connectivity index (χ2v) is 18.7.